The summed E-state index contributed by atoms with van der Waals surface area (Å²) in [5, 5.41) is 2.91. The Kier molecular flexibility index (Phi) is 6.59. The van der Waals surface area contributed by atoms with Gasteiger partial charge in [0.15, 0.2) is 0 Å². The molecule has 1 heterocycles. The molecular weight excluding hydrogens is 384 g/mol. The van der Waals surface area contributed by atoms with Crippen LogP contribution in [-0.4, -0.2) is 70.8 Å². The molecule has 1 amide bonds. The van der Waals surface area contributed by atoms with Crippen LogP contribution in [0.2, 0.25) is 0 Å². The number of benzene rings is 1. The van der Waals surface area contributed by atoms with Crippen LogP contribution in [0.1, 0.15) is 36.5 Å². The van der Waals surface area contributed by atoms with Gasteiger partial charge in [-0.2, -0.15) is 4.31 Å². The predicted molar refractivity (Wildman–Crippen MR) is 103 cm³/mol. The SMILES string of the molecule is CCO[C@@H]1C[C@@H](NC(=O)c2ccc(OC)c(S(=O)(=O)N3CCCC3)c2)[C@@H]1OC. The third kappa shape index (κ3) is 4.03. The van der Waals surface area contributed by atoms with Gasteiger partial charge in [0.05, 0.1) is 19.3 Å². The number of sulfonamides is 1. The van der Waals surface area contributed by atoms with Crippen molar-refractivity contribution in [1.29, 1.82) is 0 Å². The van der Waals surface area contributed by atoms with E-state index in [9.17, 15) is 13.2 Å². The fourth-order valence-electron chi connectivity index (χ4n) is 3.75. The number of hydrogen-bond donors (Lipinski definition) is 1. The van der Waals surface area contributed by atoms with Crippen molar-refractivity contribution in [2.24, 2.45) is 0 Å². The van der Waals surface area contributed by atoms with E-state index in [1.807, 2.05) is 6.92 Å². The fourth-order valence-corrected chi connectivity index (χ4v) is 5.45. The Balaban J connectivity index is 1.78. The van der Waals surface area contributed by atoms with Crippen LogP contribution in [-0.2, 0) is 19.5 Å². The molecule has 0 bridgehead atoms. The first kappa shape index (κ1) is 21.0. The number of carbonyl (C=O) groups excluding carboxylic acids is 1. The van der Waals surface area contributed by atoms with Crippen molar-refractivity contribution in [3.63, 3.8) is 0 Å². The van der Waals surface area contributed by atoms with E-state index in [0.717, 1.165) is 12.8 Å². The van der Waals surface area contributed by atoms with E-state index in [4.69, 9.17) is 14.2 Å². The molecule has 2 aliphatic rings. The second kappa shape index (κ2) is 8.77. The average molecular weight is 413 g/mol. The van der Waals surface area contributed by atoms with Crippen LogP contribution in [0.4, 0.5) is 0 Å². The molecule has 0 spiro atoms. The minimum atomic E-state index is -3.71. The van der Waals surface area contributed by atoms with Gasteiger partial charge >= 0.3 is 0 Å². The molecule has 0 radical (unpaired) electrons. The highest BCUT2D eigenvalue weighted by Gasteiger charge is 2.43. The molecule has 9 heteroatoms. The van der Waals surface area contributed by atoms with Gasteiger partial charge in [-0.05, 0) is 44.4 Å². The third-order valence-electron chi connectivity index (χ3n) is 5.33. The zero-order chi connectivity index (χ0) is 20.3. The minimum Gasteiger partial charge on any atom is -0.495 e. The summed E-state index contributed by atoms with van der Waals surface area (Å²) in [6.45, 7) is 3.47. The predicted octanol–water partition coefficient (Wildman–Crippen LogP) is 1.40. The van der Waals surface area contributed by atoms with Crippen LogP contribution in [0.25, 0.3) is 0 Å². The Hall–Kier alpha value is -1.68. The second-order valence-corrected chi connectivity index (χ2v) is 8.89. The average Bonchev–Trinajstić information content (AvgIpc) is 3.22. The van der Waals surface area contributed by atoms with Crippen molar-refractivity contribution in [3.05, 3.63) is 23.8 Å². The van der Waals surface area contributed by atoms with Crippen molar-refractivity contribution in [2.75, 3.05) is 33.9 Å². The van der Waals surface area contributed by atoms with Crippen LogP contribution in [0.3, 0.4) is 0 Å². The molecule has 1 N–H and O–H groups in total. The summed E-state index contributed by atoms with van der Waals surface area (Å²) in [6, 6.07) is 4.31. The monoisotopic (exact) mass is 412 g/mol. The van der Waals surface area contributed by atoms with Gasteiger partial charge in [0.2, 0.25) is 10.0 Å². The van der Waals surface area contributed by atoms with Gasteiger partial charge in [-0.1, -0.05) is 0 Å². The normalized spacial score (nSPS) is 25.3. The molecule has 1 saturated heterocycles. The molecule has 0 unspecified atom stereocenters. The summed E-state index contributed by atoms with van der Waals surface area (Å²) in [6.07, 6.45) is 2.08. The molecule has 3 atom stereocenters. The van der Waals surface area contributed by atoms with Gasteiger partial charge in [0.25, 0.3) is 5.91 Å². The number of carbonyl (C=O) groups is 1. The van der Waals surface area contributed by atoms with E-state index in [1.54, 1.807) is 13.2 Å². The van der Waals surface area contributed by atoms with Crippen molar-refractivity contribution < 1.29 is 27.4 Å². The molecular formula is C19H28N2O6S. The summed E-state index contributed by atoms with van der Waals surface area (Å²) in [4.78, 5) is 12.7. The minimum absolute atomic E-state index is 0.0219. The first-order valence-electron chi connectivity index (χ1n) is 9.55. The van der Waals surface area contributed by atoms with Crippen molar-refractivity contribution in [2.45, 2.75) is 49.3 Å². The number of methoxy groups -OCH3 is 2. The molecule has 1 aliphatic carbocycles. The Bertz CT molecular complexity index is 807. The molecule has 1 saturated carbocycles. The lowest BCUT2D eigenvalue weighted by Crippen LogP contribution is -2.61. The second-order valence-electron chi connectivity index (χ2n) is 6.99. The lowest BCUT2D eigenvalue weighted by atomic mass is 9.85. The molecule has 28 heavy (non-hydrogen) atoms. The molecule has 8 nitrogen and oxygen atoms in total. The van der Waals surface area contributed by atoms with Gasteiger partial charge in [-0.3, -0.25) is 4.79 Å². The van der Waals surface area contributed by atoms with E-state index < -0.39 is 10.0 Å². The van der Waals surface area contributed by atoms with Gasteiger partial charge < -0.3 is 19.5 Å². The summed E-state index contributed by atoms with van der Waals surface area (Å²) in [5.74, 6) is -0.110. The molecule has 1 aromatic carbocycles. The van der Waals surface area contributed by atoms with Gasteiger partial charge in [-0.25, -0.2) is 8.42 Å². The highest BCUT2D eigenvalue weighted by Crippen LogP contribution is 2.31. The van der Waals surface area contributed by atoms with Crippen molar-refractivity contribution >= 4 is 15.9 Å². The number of amides is 1. The quantitative estimate of drug-likeness (QED) is 0.694. The molecule has 156 valence electrons. The lowest BCUT2D eigenvalue weighted by molar-refractivity contribution is -0.128. The molecule has 0 aromatic heterocycles. The van der Waals surface area contributed by atoms with Crippen molar-refractivity contribution in [3.8, 4) is 5.75 Å². The number of hydrogen-bond acceptors (Lipinski definition) is 6. The first-order valence-corrected chi connectivity index (χ1v) is 11.0. The Morgan fingerprint density at radius 2 is 1.96 bits per heavy atom. The smallest absolute Gasteiger partial charge is 0.251 e. The van der Waals surface area contributed by atoms with Crippen LogP contribution >= 0.6 is 0 Å². The van der Waals surface area contributed by atoms with E-state index in [-0.39, 0.29) is 40.4 Å². The fraction of sp³-hybridized carbons (Fsp3) is 0.632. The van der Waals surface area contributed by atoms with Crippen molar-refractivity contribution in [1.82, 2.24) is 9.62 Å². The Morgan fingerprint density at radius 3 is 2.57 bits per heavy atom. The molecule has 1 aliphatic heterocycles. The number of ether oxygens (including phenoxy) is 3. The zero-order valence-electron chi connectivity index (χ0n) is 16.5. The van der Waals surface area contributed by atoms with Gasteiger partial charge in [-0.15, -0.1) is 0 Å². The Morgan fingerprint density at radius 1 is 1.25 bits per heavy atom. The standard InChI is InChI=1S/C19H28N2O6S/c1-4-27-16-12-14(18(16)26-3)20-19(22)13-7-8-15(25-2)17(11-13)28(23,24)21-9-5-6-10-21/h7-8,11,14,16,18H,4-6,9-10,12H2,1-3H3,(H,20,22)/t14-,16-,18+/m1/s1. The number of nitrogens with one attached hydrogen (secondary N) is 1. The first-order chi connectivity index (χ1) is 13.4. The van der Waals surface area contributed by atoms with Crippen LogP contribution < -0.4 is 10.1 Å². The van der Waals surface area contributed by atoms with Gasteiger partial charge in [0.1, 0.15) is 16.7 Å². The maximum atomic E-state index is 13.0. The van der Waals surface area contributed by atoms with Crippen LogP contribution in [0.5, 0.6) is 5.75 Å². The maximum Gasteiger partial charge on any atom is 0.251 e. The molecule has 1 aromatic rings. The highest BCUT2D eigenvalue weighted by atomic mass is 32.2. The van der Waals surface area contributed by atoms with Gasteiger partial charge in [0, 0.05) is 32.4 Å². The number of rotatable bonds is 8. The largest absolute Gasteiger partial charge is 0.495 e. The van der Waals surface area contributed by atoms with E-state index in [1.165, 1.54) is 23.5 Å². The van der Waals surface area contributed by atoms with E-state index >= 15 is 0 Å². The summed E-state index contributed by atoms with van der Waals surface area (Å²) >= 11 is 0. The number of nitrogens with zero attached hydrogens (tertiary/aromatic N) is 1. The lowest BCUT2D eigenvalue weighted by Gasteiger charge is -2.43. The third-order valence-corrected chi connectivity index (χ3v) is 7.25. The summed E-state index contributed by atoms with van der Waals surface area (Å²) in [7, 11) is -0.699. The van der Waals surface area contributed by atoms with Crippen LogP contribution in [0, 0.1) is 0 Å². The summed E-state index contributed by atoms with van der Waals surface area (Å²) in [5.41, 5.74) is 0.272. The molecule has 3 rings (SSSR count). The van der Waals surface area contributed by atoms with E-state index in [0.29, 0.717) is 26.1 Å². The van der Waals surface area contributed by atoms with Crippen LogP contribution in [0.15, 0.2) is 23.1 Å². The summed E-state index contributed by atoms with van der Waals surface area (Å²) < 4.78 is 43.6. The van der Waals surface area contributed by atoms with E-state index in [2.05, 4.69) is 5.32 Å². The Labute approximate surface area is 166 Å². The molecule has 2 fully saturated rings. The topological polar surface area (TPSA) is 94.2 Å². The highest BCUT2D eigenvalue weighted by molar-refractivity contribution is 7.89. The zero-order valence-corrected chi connectivity index (χ0v) is 17.3. The maximum absolute atomic E-state index is 13.0.